The zero-order valence-electron chi connectivity index (χ0n) is 10.7. The summed E-state index contributed by atoms with van der Waals surface area (Å²) in [4.78, 5) is 8.23. The summed E-state index contributed by atoms with van der Waals surface area (Å²) in [5.41, 5.74) is 7.02. The second-order valence-corrected chi connectivity index (χ2v) is 5.26. The second-order valence-electron chi connectivity index (χ2n) is 4.34. The monoisotopic (exact) mass is 321 g/mol. The maximum atomic E-state index is 5.94. The number of hydrogen-bond donors (Lipinski definition) is 1. The molecule has 100 valence electrons. The minimum absolute atomic E-state index is 0.157. The molecule has 0 spiro atoms. The van der Waals surface area contributed by atoms with Gasteiger partial charge in [-0.1, -0.05) is 6.92 Å². The molecule has 0 saturated carbocycles. The van der Waals surface area contributed by atoms with Gasteiger partial charge in [0.05, 0.1) is 12.4 Å². The molecule has 0 saturated heterocycles. The Morgan fingerprint density at radius 1 is 1.16 bits per heavy atom. The third-order valence-electron chi connectivity index (χ3n) is 2.71. The minimum atomic E-state index is 0.157. The lowest BCUT2D eigenvalue weighted by Crippen LogP contribution is -2.21. The summed E-state index contributed by atoms with van der Waals surface area (Å²) >= 11 is 3.36. The van der Waals surface area contributed by atoms with Gasteiger partial charge in [-0.05, 0) is 46.5 Å². The Morgan fingerprint density at radius 3 is 2.53 bits per heavy atom. The third-order valence-corrected chi connectivity index (χ3v) is 3.14. The van der Waals surface area contributed by atoms with Crippen LogP contribution >= 0.6 is 15.9 Å². The SMILES string of the molecule is CCC(N)Cc1cncc(Oc2cncc(Br)c2)c1. The van der Waals surface area contributed by atoms with Crippen LogP contribution in [0.2, 0.25) is 0 Å². The molecule has 2 aromatic heterocycles. The second kappa shape index (κ2) is 6.63. The molecule has 19 heavy (non-hydrogen) atoms. The number of nitrogens with two attached hydrogens (primary N) is 1. The molecule has 0 radical (unpaired) electrons. The van der Waals surface area contributed by atoms with E-state index in [2.05, 4.69) is 32.8 Å². The van der Waals surface area contributed by atoms with Crippen LogP contribution in [0, 0.1) is 0 Å². The quantitative estimate of drug-likeness (QED) is 0.917. The molecule has 0 aliphatic carbocycles. The van der Waals surface area contributed by atoms with E-state index < -0.39 is 0 Å². The highest BCUT2D eigenvalue weighted by Gasteiger charge is 2.04. The molecule has 2 heterocycles. The molecule has 5 heteroatoms. The van der Waals surface area contributed by atoms with Crippen LogP contribution < -0.4 is 10.5 Å². The van der Waals surface area contributed by atoms with Crippen molar-refractivity contribution in [3.8, 4) is 11.5 Å². The van der Waals surface area contributed by atoms with Crippen molar-refractivity contribution in [3.05, 3.63) is 47.0 Å². The predicted molar refractivity (Wildman–Crippen MR) is 78.2 cm³/mol. The van der Waals surface area contributed by atoms with E-state index in [1.165, 1.54) is 0 Å². The van der Waals surface area contributed by atoms with Gasteiger partial charge in [-0.25, -0.2) is 0 Å². The van der Waals surface area contributed by atoms with Gasteiger partial charge in [-0.2, -0.15) is 0 Å². The number of hydrogen-bond acceptors (Lipinski definition) is 4. The van der Waals surface area contributed by atoms with Gasteiger partial charge < -0.3 is 10.5 Å². The molecule has 1 unspecified atom stereocenters. The average molecular weight is 322 g/mol. The van der Waals surface area contributed by atoms with Crippen molar-refractivity contribution < 1.29 is 4.74 Å². The van der Waals surface area contributed by atoms with E-state index in [0.29, 0.717) is 11.5 Å². The van der Waals surface area contributed by atoms with E-state index in [1.54, 1.807) is 18.6 Å². The third kappa shape index (κ3) is 4.29. The summed E-state index contributed by atoms with van der Waals surface area (Å²) in [5, 5.41) is 0. The van der Waals surface area contributed by atoms with E-state index in [1.807, 2.05) is 18.3 Å². The van der Waals surface area contributed by atoms with Crippen LogP contribution in [0.3, 0.4) is 0 Å². The van der Waals surface area contributed by atoms with Gasteiger partial charge >= 0.3 is 0 Å². The molecule has 0 bridgehead atoms. The molecule has 4 nitrogen and oxygen atoms in total. The van der Waals surface area contributed by atoms with Gasteiger partial charge in [0, 0.05) is 22.9 Å². The van der Waals surface area contributed by atoms with Crippen LogP contribution in [-0.2, 0) is 6.42 Å². The molecular formula is C14H16BrN3O. The number of rotatable bonds is 5. The fourth-order valence-corrected chi connectivity index (χ4v) is 2.01. The first kappa shape index (κ1) is 14.0. The van der Waals surface area contributed by atoms with E-state index >= 15 is 0 Å². The van der Waals surface area contributed by atoms with Gasteiger partial charge in [0.2, 0.25) is 0 Å². The highest BCUT2D eigenvalue weighted by molar-refractivity contribution is 9.10. The summed E-state index contributed by atoms with van der Waals surface area (Å²) < 4.78 is 6.60. The summed E-state index contributed by atoms with van der Waals surface area (Å²) in [7, 11) is 0. The molecule has 0 aliphatic rings. The number of halogens is 1. The maximum absolute atomic E-state index is 5.94. The molecular weight excluding hydrogens is 306 g/mol. The molecule has 2 N–H and O–H groups in total. The highest BCUT2D eigenvalue weighted by atomic mass is 79.9. The predicted octanol–water partition coefficient (Wildman–Crippen LogP) is 3.31. The zero-order chi connectivity index (χ0) is 13.7. The topological polar surface area (TPSA) is 61.0 Å². The van der Waals surface area contributed by atoms with Crippen molar-refractivity contribution in [2.75, 3.05) is 0 Å². The van der Waals surface area contributed by atoms with Gasteiger partial charge in [-0.15, -0.1) is 0 Å². The van der Waals surface area contributed by atoms with Gasteiger partial charge in [0.1, 0.15) is 11.5 Å². The van der Waals surface area contributed by atoms with Crippen LogP contribution in [0.4, 0.5) is 0 Å². The van der Waals surface area contributed by atoms with Crippen LogP contribution in [-0.4, -0.2) is 16.0 Å². The van der Waals surface area contributed by atoms with E-state index in [4.69, 9.17) is 10.5 Å². The van der Waals surface area contributed by atoms with Gasteiger partial charge in [0.25, 0.3) is 0 Å². The Labute approximate surface area is 121 Å². The number of nitrogens with zero attached hydrogens (tertiary/aromatic N) is 2. The Balaban J connectivity index is 2.10. The fraction of sp³-hybridized carbons (Fsp3) is 0.286. The normalized spacial score (nSPS) is 12.2. The molecule has 0 fully saturated rings. The van der Waals surface area contributed by atoms with E-state index in [0.717, 1.165) is 22.9 Å². The number of pyridine rings is 2. The number of aromatic nitrogens is 2. The Morgan fingerprint density at radius 2 is 1.84 bits per heavy atom. The van der Waals surface area contributed by atoms with Crippen molar-refractivity contribution in [2.24, 2.45) is 5.73 Å². The van der Waals surface area contributed by atoms with Crippen molar-refractivity contribution >= 4 is 15.9 Å². The van der Waals surface area contributed by atoms with Crippen LogP contribution in [0.25, 0.3) is 0 Å². The average Bonchev–Trinajstić information content (AvgIpc) is 2.39. The molecule has 0 aliphatic heterocycles. The zero-order valence-corrected chi connectivity index (χ0v) is 12.3. The summed E-state index contributed by atoms with van der Waals surface area (Å²) in [6, 6.07) is 3.98. The lowest BCUT2D eigenvalue weighted by atomic mass is 10.1. The molecule has 2 aromatic rings. The standard InChI is InChI=1S/C14H16BrN3O/c1-2-12(16)3-10-4-13(8-17-6-10)19-14-5-11(15)7-18-9-14/h4-9,12H,2-3,16H2,1H3. The fourth-order valence-electron chi connectivity index (χ4n) is 1.66. The van der Waals surface area contributed by atoms with Crippen molar-refractivity contribution in [1.29, 1.82) is 0 Å². The Hall–Kier alpha value is -1.46. The molecule has 0 aromatic carbocycles. The van der Waals surface area contributed by atoms with Crippen LogP contribution in [0.15, 0.2) is 41.4 Å². The Bertz CT molecular complexity index is 548. The maximum Gasteiger partial charge on any atom is 0.146 e. The first-order valence-corrected chi connectivity index (χ1v) is 6.94. The Kier molecular flexibility index (Phi) is 4.87. The summed E-state index contributed by atoms with van der Waals surface area (Å²) in [6.45, 7) is 2.08. The van der Waals surface area contributed by atoms with Crippen LogP contribution in [0.1, 0.15) is 18.9 Å². The first-order valence-electron chi connectivity index (χ1n) is 6.15. The molecule has 0 amide bonds. The van der Waals surface area contributed by atoms with E-state index in [-0.39, 0.29) is 6.04 Å². The van der Waals surface area contributed by atoms with Crippen molar-refractivity contribution in [2.45, 2.75) is 25.8 Å². The lowest BCUT2D eigenvalue weighted by molar-refractivity contribution is 0.476. The highest BCUT2D eigenvalue weighted by Crippen LogP contribution is 2.23. The lowest BCUT2D eigenvalue weighted by Gasteiger charge is -2.10. The van der Waals surface area contributed by atoms with Crippen molar-refractivity contribution in [3.63, 3.8) is 0 Å². The molecule has 2 rings (SSSR count). The number of ether oxygens (including phenoxy) is 1. The minimum Gasteiger partial charge on any atom is -0.454 e. The van der Waals surface area contributed by atoms with Crippen molar-refractivity contribution in [1.82, 2.24) is 9.97 Å². The smallest absolute Gasteiger partial charge is 0.146 e. The molecule has 1 atom stereocenters. The largest absolute Gasteiger partial charge is 0.454 e. The summed E-state index contributed by atoms with van der Waals surface area (Å²) in [5.74, 6) is 1.37. The van der Waals surface area contributed by atoms with E-state index in [9.17, 15) is 0 Å². The van der Waals surface area contributed by atoms with Gasteiger partial charge in [0.15, 0.2) is 0 Å². The van der Waals surface area contributed by atoms with Gasteiger partial charge in [-0.3, -0.25) is 9.97 Å². The first-order chi connectivity index (χ1) is 9.17. The van der Waals surface area contributed by atoms with Crippen LogP contribution in [0.5, 0.6) is 11.5 Å². The summed E-state index contributed by atoms with van der Waals surface area (Å²) in [6.07, 6.45) is 8.62.